The second-order valence-electron chi connectivity index (χ2n) is 5.51. The Morgan fingerprint density at radius 3 is 2.52 bits per heavy atom. The fraction of sp³-hybridized carbons (Fsp3) is 0.278. The van der Waals surface area contributed by atoms with Crippen LogP contribution in [0.1, 0.15) is 22.0 Å². The highest BCUT2D eigenvalue weighted by molar-refractivity contribution is 6.11. The minimum absolute atomic E-state index is 0.140. The average molecular weight is 346 g/mol. The van der Waals surface area contributed by atoms with Gasteiger partial charge in [-0.25, -0.2) is 4.39 Å². The first-order valence-corrected chi connectivity index (χ1v) is 7.69. The van der Waals surface area contributed by atoms with Gasteiger partial charge in [-0.15, -0.1) is 0 Å². The molecule has 0 aliphatic rings. The Kier molecular flexibility index (Phi) is 6.19. The van der Waals surface area contributed by atoms with Gasteiger partial charge in [0, 0.05) is 31.5 Å². The van der Waals surface area contributed by atoms with E-state index in [0.717, 1.165) is 22.3 Å². The first-order chi connectivity index (χ1) is 11.9. The number of nitrogens with one attached hydrogen (secondary N) is 1. The van der Waals surface area contributed by atoms with E-state index in [4.69, 9.17) is 4.74 Å². The van der Waals surface area contributed by atoms with Gasteiger partial charge in [-0.05, 0) is 36.8 Å². The molecule has 6 nitrogen and oxygen atoms in total. The summed E-state index contributed by atoms with van der Waals surface area (Å²) in [6, 6.07) is 6.35. The Bertz CT molecular complexity index is 815. The van der Waals surface area contributed by atoms with Crippen LogP contribution in [0.3, 0.4) is 0 Å². The van der Waals surface area contributed by atoms with Gasteiger partial charge >= 0.3 is 0 Å². The molecule has 132 valence electrons. The van der Waals surface area contributed by atoms with Gasteiger partial charge in [-0.2, -0.15) is 0 Å². The number of nitrogens with zero attached hydrogens (tertiary/aromatic N) is 1. The smallest absolute Gasteiger partial charge is 0.251 e. The average Bonchev–Trinajstić information content (AvgIpc) is 2.59. The molecule has 0 radical (unpaired) electrons. The number of aromatic nitrogens is 1. The number of carbonyl (C=O) groups is 2. The van der Waals surface area contributed by atoms with E-state index in [9.17, 15) is 18.8 Å². The first kappa shape index (κ1) is 18.5. The summed E-state index contributed by atoms with van der Waals surface area (Å²) in [4.78, 5) is 37.5. The molecule has 0 unspecified atom stereocenters. The van der Waals surface area contributed by atoms with E-state index in [-0.39, 0.29) is 18.7 Å². The predicted molar refractivity (Wildman–Crippen MR) is 90.1 cm³/mol. The monoisotopic (exact) mass is 346 g/mol. The number of aryl methyl sites for hydroxylation is 1. The molecule has 7 heteroatoms. The van der Waals surface area contributed by atoms with Gasteiger partial charge in [-0.1, -0.05) is 6.07 Å². The number of Topliss-reactive ketones (excluding diaryl/α,β-unsaturated/α-hetero) is 1. The fourth-order valence-corrected chi connectivity index (χ4v) is 2.33. The Morgan fingerprint density at radius 1 is 1.20 bits per heavy atom. The summed E-state index contributed by atoms with van der Waals surface area (Å²) in [5.41, 5.74) is 0.385. The number of rotatable bonds is 7. The number of pyridine rings is 1. The normalized spacial score (nSPS) is 11.8. The number of halogens is 1. The number of ketones is 1. The lowest BCUT2D eigenvalue weighted by atomic mass is 10.0. The minimum Gasteiger partial charge on any atom is -0.383 e. The predicted octanol–water partition coefficient (Wildman–Crippen LogP) is 1.48. The number of hydrogen-bond acceptors (Lipinski definition) is 4. The Labute approximate surface area is 144 Å². The number of hydrogen-bond donors (Lipinski definition) is 1. The molecule has 0 bridgehead atoms. The van der Waals surface area contributed by atoms with Crippen molar-refractivity contribution in [1.29, 1.82) is 0 Å². The number of ether oxygens (including phenoxy) is 1. The third-order valence-electron chi connectivity index (χ3n) is 3.60. The van der Waals surface area contributed by atoms with Crippen LogP contribution in [-0.2, 0) is 9.53 Å². The molecule has 1 heterocycles. The van der Waals surface area contributed by atoms with Gasteiger partial charge in [0.15, 0.2) is 11.8 Å². The SMILES string of the molecule is COCCNC(=O)[C@@H](C(=O)c1ccc(F)cc1)n1cc(C)ccc1=O. The summed E-state index contributed by atoms with van der Waals surface area (Å²) in [6.07, 6.45) is 1.45. The van der Waals surface area contributed by atoms with Crippen molar-refractivity contribution >= 4 is 11.7 Å². The van der Waals surface area contributed by atoms with Crippen molar-refractivity contribution in [3.05, 3.63) is 69.9 Å². The van der Waals surface area contributed by atoms with E-state index in [1.54, 1.807) is 13.0 Å². The van der Waals surface area contributed by atoms with Crippen LogP contribution in [0.5, 0.6) is 0 Å². The molecule has 0 aliphatic carbocycles. The molecule has 0 aliphatic heterocycles. The van der Waals surface area contributed by atoms with Crippen molar-refractivity contribution in [2.45, 2.75) is 13.0 Å². The molecule has 1 aromatic carbocycles. The van der Waals surface area contributed by atoms with Crippen LogP contribution in [0.25, 0.3) is 0 Å². The molecule has 1 amide bonds. The number of benzene rings is 1. The highest BCUT2D eigenvalue weighted by Crippen LogP contribution is 2.15. The quantitative estimate of drug-likeness (QED) is 0.468. The van der Waals surface area contributed by atoms with E-state index >= 15 is 0 Å². The standard InChI is InChI=1S/C18H19FN2O4/c1-12-3-8-15(22)21(11-12)16(18(24)20-9-10-25-2)17(23)13-4-6-14(19)7-5-13/h3-8,11,16H,9-10H2,1-2H3,(H,20,24)/t16-/m1/s1. The van der Waals surface area contributed by atoms with E-state index in [0.29, 0.717) is 0 Å². The molecule has 2 rings (SSSR count). The molecule has 1 N–H and O–H groups in total. The van der Waals surface area contributed by atoms with Crippen LogP contribution in [0.2, 0.25) is 0 Å². The van der Waals surface area contributed by atoms with E-state index < -0.39 is 29.1 Å². The largest absolute Gasteiger partial charge is 0.383 e. The molecule has 25 heavy (non-hydrogen) atoms. The summed E-state index contributed by atoms with van der Waals surface area (Å²) in [7, 11) is 1.48. The lowest BCUT2D eigenvalue weighted by Gasteiger charge is -2.19. The molecule has 0 saturated heterocycles. The summed E-state index contributed by atoms with van der Waals surface area (Å²) in [5.74, 6) is -1.72. The van der Waals surface area contributed by atoms with Crippen molar-refractivity contribution in [2.24, 2.45) is 0 Å². The van der Waals surface area contributed by atoms with Gasteiger partial charge in [-0.3, -0.25) is 19.0 Å². The zero-order valence-electron chi connectivity index (χ0n) is 14.0. The molecule has 2 aromatic rings. The van der Waals surface area contributed by atoms with Crippen LogP contribution < -0.4 is 10.9 Å². The first-order valence-electron chi connectivity index (χ1n) is 7.69. The van der Waals surface area contributed by atoms with Crippen molar-refractivity contribution in [1.82, 2.24) is 9.88 Å². The van der Waals surface area contributed by atoms with Gasteiger partial charge in [0.2, 0.25) is 0 Å². The number of methoxy groups -OCH3 is 1. The van der Waals surface area contributed by atoms with Gasteiger partial charge < -0.3 is 10.1 Å². The molecule has 0 spiro atoms. The minimum atomic E-state index is -1.38. The maximum absolute atomic E-state index is 13.1. The maximum atomic E-state index is 13.1. The molecule has 0 fully saturated rings. The number of carbonyl (C=O) groups excluding carboxylic acids is 2. The Morgan fingerprint density at radius 2 is 1.88 bits per heavy atom. The zero-order valence-corrected chi connectivity index (χ0v) is 14.0. The van der Waals surface area contributed by atoms with Crippen LogP contribution in [-0.4, -0.2) is 36.5 Å². The molecule has 1 aromatic heterocycles. The van der Waals surface area contributed by atoms with Crippen LogP contribution >= 0.6 is 0 Å². The van der Waals surface area contributed by atoms with E-state index in [2.05, 4.69) is 5.32 Å². The van der Waals surface area contributed by atoms with Gasteiger partial charge in [0.05, 0.1) is 6.61 Å². The molecule has 0 saturated carbocycles. The highest BCUT2D eigenvalue weighted by Gasteiger charge is 2.30. The lowest BCUT2D eigenvalue weighted by molar-refractivity contribution is -0.123. The third kappa shape index (κ3) is 4.60. The summed E-state index contributed by atoms with van der Waals surface area (Å²) >= 11 is 0. The van der Waals surface area contributed by atoms with Crippen molar-refractivity contribution in [2.75, 3.05) is 20.3 Å². The van der Waals surface area contributed by atoms with Crippen molar-refractivity contribution < 1.29 is 18.7 Å². The van der Waals surface area contributed by atoms with Gasteiger partial charge in [0.25, 0.3) is 11.5 Å². The van der Waals surface area contributed by atoms with Crippen molar-refractivity contribution in [3.63, 3.8) is 0 Å². The van der Waals surface area contributed by atoms with Crippen LogP contribution in [0.4, 0.5) is 4.39 Å². The maximum Gasteiger partial charge on any atom is 0.251 e. The molecular formula is C18H19FN2O4. The molecule has 1 atom stereocenters. The highest BCUT2D eigenvalue weighted by atomic mass is 19.1. The zero-order chi connectivity index (χ0) is 18.4. The summed E-state index contributed by atoms with van der Waals surface area (Å²) in [6.45, 7) is 2.22. The van der Waals surface area contributed by atoms with Crippen LogP contribution in [0, 0.1) is 12.7 Å². The lowest BCUT2D eigenvalue weighted by Crippen LogP contribution is -2.42. The van der Waals surface area contributed by atoms with Gasteiger partial charge in [0.1, 0.15) is 5.82 Å². The van der Waals surface area contributed by atoms with Crippen LogP contribution in [0.15, 0.2) is 47.4 Å². The summed E-state index contributed by atoms with van der Waals surface area (Å²) < 4.78 is 19.1. The topological polar surface area (TPSA) is 77.4 Å². The third-order valence-corrected chi connectivity index (χ3v) is 3.60. The number of amides is 1. The van der Waals surface area contributed by atoms with Crippen molar-refractivity contribution in [3.8, 4) is 0 Å². The molecular weight excluding hydrogens is 327 g/mol. The fourth-order valence-electron chi connectivity index (χ4n) is 2.33. The summed E-state index contributed by atoms with van der Waals surface area (Å²) in [5, 5.41) is 2.57. The van der Waals surface area contributed by atoms with E-state index in [1.165, 1.54) is 31.5 Å². The Balaban J connectivity index is 2.42. The Hall–Kier alpha value is -2.80. The van der Waals surface area contributed by atoms with E-state index in [1.807, 2.05) is 0 Å². The second-order valence-corrected chi connectivity index (χ2v) is 5.51. The second kappa shape index (κ2) is 8.34.